The highest BCUT2D eigenvalue weighted by atomic mass is 32.1. The number of oxime groups is 1. The molecule has 0 aliphatic carbocycles. The molecule has 3 rings (SSSR count). The SMILES string of the molecule is CCCCC(=NO)c1ccc(-n2cnc3ccccc32)s1. The Morgan fingerprint density at radius 3 is 2.95 bits per heavy atom. The molecule has 0 radical (unpaired) electrons. The molecule has 108 valence electrons. The van der Waals surface area contributed by atoms with Gasteiger partial charge >= 0.3 is 0 Å². The van der Waals surface area contributed by atoms with Gasteiger partial charge in [0.1, 0.15) is 11.3 Å². The zero-order valence-electron chi connectivity index (χ0n) is 11.9. The zero-order chi connectivity index (χ0) is 14.7. The van der Waals surface area contributed by atoms with Crippen LogP contribution < -0.4 is 0 Å². The Labute approximate surface area is 127 Å². The molecule has 21 heavy (non-hydrogen) atoms. The molecule has 4 nitrogen and oxygen atoms in total. The van der Waals surface area contributed by atoms with Crippen molar-refractivity contribution in [2.45, 2.75) is 26.2 Å². The number of rotatable bonds is 5. The molecule has 5 heteroatoms. The van der Waals surface area contributed by atoms with Gasteiger partial charge in [0.2, 0.25) is 0 Å². The average molecular weight is 299 g/mol. The van der Waals surface area contributed by atoms with Gasteiger partial charge in [-0.2, -0.15) is 0 Å². The van der Waals surface area contributed by atoms with Crippen LogP contribution in [0.4, 0.5) is 0 Å². The minimum atomic E-state index is 0.762. The van der Waals surface area contributed by atoms with Crippen LogP contribution in [0.25, 0.3) is 16.0 Å². The average Bonchev–Trinajstić information content (AvgIpc) is 3.14. The summed E-state index contributed by atoms with van der Waals surface area (Å²) in [7, 11) is 0. The molecule has 2 aromatic heterocycles. The van der Waals surface area contributed by atoms with Gasteiger partial charge in [0, 0.05) is 0 Å². The molecule has 1 N–H and O–H groups in total. The van der Waals surface area contributed by atoms with Gasteiger partial charge < -0.3 is 5.21 Å². The first kappa shape index (κ1) is 13.8. The molecule has 0 aliphatic rings. The van der Waals surface area contributed by atoms with Crippen LogP contribution in [-0.4, -0.2) is 20.5 Å². The monoisotopic (exact) mass is 299 g/mol. The number of para-hydroxylation sites is 2. The Morgan fingerprint density at radius 1 is 1.29 bits per heavy atom. The zero-order valence-corrected chi connectivity index (χ0v) is 12.7. The minimum absolute atomic E-state index is 0.762. The van der Waals surface area contributed by atoms with Gasteiger partial charge in [-0.1, -0.05) is 30.6 Å². The van der Waals surface area contributed by atoms with Crippen LogP contribution in [0.2, 0.25) is 0 Å². The number of fused-ring (bicyclic) bond motifs is 1. The standard InChI is InChI=1S/C16H17N3OS/c1-2-3-6-13(18-20)15-9-10-16(21-15)19-11-17-12-7-4-5-8-14(12)19/h4-5,7-11,20H,2-3,6H2,1H3. The second-order valence-corrected chi connectivity index (χ2v) is 5.95. The highest BCUT2D eigenvalue weighted by Crippen LogP contribution is 2.26. The summed E-state index contributed by atoms with van der Waals surface area (Å²) >= 11 is 1.62. The minimum Gasteiger partial charge on any atom is -0.411 e. The van der Waals surface area contributed by atoms with E-state index in [1.54, 1.807) is 11.3 Å². The van der Waals surface area contributed by atoms with E-state index in [0.29, 0.717) is 0 Å². The molecule has 1 aromatic carbocycles. The lowest BCUT2D eigenvalue weighted by Crippen LogP contribution is -1.97. The van der Waals surface area contributed by atoms with Crippen molar-refractivity contribution in [3.63, 3.8) is 0 Å². The van der Waals surface area contributed by atoms with E-state index >= 15 is 0 Å². The second-order valence-electron chi connectivity index (χ2n) is 4.89. The fourth-order valence-corrected chi connectivity index (χ4v) is 3.32. The van der Waals surface area contributed by atoms with Crippen LogP contribution in [0.15, 0.2) is 47.9 Å². The molecule has 0 amide bonds. The van der Waals surface area contributed by atoms with Gasteiger partial charge in [-0.15, -0.1) is 11.3 Å². The number of thiophene rings is 1. The summed E-state index contributed by atoms with van der Waals surface area (Å²) in [5.74, 6) is 0. The number of benzene rings is 1. The first-order chi connectivity index (χ1) is 10.3. The number of imidazole rings is 1. The van der Waals surface area contributed by atoms with Crippen LogP contribution in [0.5, 0.6) is 0 Å². The Kier molecular flexibility index (Phi) is 4.01. The van der Waals surface area contributed by atoms with Crippen molar-refractivity contribution < 1.29 is 5.21 Å². The van der Waals surface area contributed by atoms with Crippen molar-refractivity contribution in [3.05, 3.63) is 47.6 Å². The lowest BCUT2D eigenvalue weighted by atomic mass is 10.1. The van der Waals surface area contributed by atoms with E-state index in [4.69, 9.17) is 0 Å². The summed E-state index contributed by atoms with van der Waals surface area (Å²) in [6.07, 6.45) is 4.75. The smallest absolute Gasteiger partial charge is 0.101 e. The van der Waals surface area contributed by atoms with Crippen LogP contribution in [-0.2, 0) is 0 Å². The summed E-state index contributed by atoms with van der Waals surface area (Å²) in [4.78, 5) is 5.42. The predicted molar refractivity (Wildman–Crippen MR) is 86.8 cm³/mol. The largest absolute Gasteiger partial charge is 0.411 e. The number of hydrogen-bond acceptors (Lipinski definition) is 4. The Bertz CT molecular complexity index is 773. The first-order valence-electron chi connectivity index (χ1n) is 7.07. The predicted octanol–water partition coefficient (Wildman–Crippen LogP) is 4.46. The van der Waals surface area contributed by atoms with Gasteiger partial charge in [-0.25, -0.2) is 4.98 Å². The number of unbranched alkanes of at least 4 members (excludes halogenated alkanes) is 1. The number of aromatic nitrogens is 2. The maximum Gasteiger partial charge on any atom is 0.101 e. The van der Waals surface area contributed by atoms with E-state index in [-0.39, 0.29) is 0 Å². The van der Waals surface area contributed by atoms with E-state index in [1.807, 2.05) is 36.7 Å². The van der Waals surface area contributed by atoms with Crippen molar-refractivity contribution in [3.8, 4) is 5.00 Å². The number of nitrogens with zero attached hydrogens (tertiary/aromatic N) is 3. The normalized spacial score (nSPS) is 12.1. The summed E-state index contributed by atoms with van der Waals surface area (Å²) in [5.41, 5.74) is 2.83. The third-order valence-corrected chi connectivity index (χ3v) is 4.59. The number of hydrogen-bond donors (Lipinski definition) is 1. The van der Waals surface area contributed by atoms with Gasteiger partial charge in [0.15, 0.2) is 0 Å². The van der Waals surface area contributed by atoms with Crippen molar-refractivity contribution in [2.75, 3.05) is 0 Å². The second kappa shape index (κ2) is 6.10. The van der Waals surface area contributed by atoms with Gasteiger partial charge in [-0.05, 0) is 37.1 Å². The summed E-state index contributed by atoms with van der Waals surface area (Å²) in [5, 5.41) is 13.7. The van der Waals surface area contributed by atoms with E-state index in [9.17, 15) is 5.21 Å². The molecule has 0 saturated heterocycles. The molecule has 0 fully saturated rings. The summed E-state index contributed by atoms with van der Waals surface area (Å²) in [6.45, 7) is 2.13. The van der Waals surface area contributed by atoms with E-state index in [2.05, 4.69) is 27.7 Å². The lowest BCUT2D eigenvalue weighted by Gasteiger charge is -2.01. The molecule has 0 aliphatic heterocycles. The molecule has 0 saturated carbocycles. The Morgan fingerprint density at radius 2 is 2.14 bits per heavy atom. The van der Waals surface area contributed by atoms with Crippen molar-refractivity contribution in [2.24, 2.45) is 5.16 Å². The molecule has 3 aromatic rings. The molecule has 0 unspecified atom stereocenters. The van der Waals surface area contributed by atoms with Crippen LogP contribution in [0, 0.1) is 0 Å². The molecule has 0 spiro atoms. The van der Waals surface area contributed by atoms with Crippen molar-refractivity contribution >= 4 is 28.1 Å². The highest BCUT2D eigenvalue weighted by Gasteiger charge is 2.10. The van der Waals surface area contributed by atoms with Gasteiger partial charge in [0.05, 0.1) is 21.6 Å². The molecule has 2 heterocycles. The van der Waals surface area contributed by atoms with Crippen molar-refractivity contribution in [1.29, 1.82) is 0 Å². The van der Waals surface area contributed by atoms with E-state index in [0.717, 1.165) is 45.9 Å². The molecular formula is C16H17N3OS. The van der Waals surface area contributed by atoms with Crippen LogP contribution in [0.3, 0.4) is 0 Å². The van der Waals surface area contributed by atoms with Crippen molar-refractivity contribution in [1.82, 2.24) is 9.55 Å². The van der Waals surface area contributed by atoms with Crippen LogP contribution in [0.1, 0.15) is 31.1 Å². The van der Waals surface area contributed by atoms with Crippen LogP contribution >= 0.6 is 11.3 Å². The Balaban J connectivity index is 1.94. The van der Waals surface area contributed by atoms with Gasteiger partial charge in [0.25, 0.3) is 0 Å². The summed E-state index contributed by atoms with van der Waals surface area (Å²) < 4.78 is 2.07. The highest BCUT2D eigenvalue weighted by molar-refractivity contribution is 7.16. The molecule has 0 bridgehead atoms. The molecular weight excluding hydrogens is 282 g/mol. The fourth-order valence-electron chi connectivity index (χ4n) is 2.31. The topological polar surface area (TPSA) is 50.4 Å². The van der Waals surface area contributed by atoms with Gasteiger partial charge in [-0.3, -0.25) is 4.57 Å². The fraction of sp³-hybridized carbons (Fsp3) is 0.250. The quantitative estimate of drug-likeness (QED) is 0.430. The first-order valence-corrected chi connectivity index (χ1v) is 7.88. The lowest BCUT2D eigenvalue weighted by molar-refractivity contribution is 0.318. The summed E-state index contributed by atoms with van der Waals surface area (Å²) in [6, 6.07) is 12.1. The maximum absolute atomic E-state index is 9.19. The third kappa shape index (κ3) is 2.69. The molecule has 0 atom stereocenters. The maximum atomic E-state index is 9.19. The third-order valence-electron chi connectivity index (χ3n) is 3.46. The Hall–Kier alpha value is -2.14. The van der Waals surface area contributed by atoms with E-state index < -0.39 is 0 Å². The van der Waals surface area contributed by atoms with E-state index in [1.165, 1.54) is 0 Å².